The Hall–Kier alpha value is -3.15. The Morgan fingerprint density at radius 3 is 2.88 bits per heavy atom. The number of benzene rings is 2. The van der Waals surface area contributed by atoms with E-state index in [2.05, 4.69) is 5.32 Å². The zero-order valence-electron chi connectivity index (χ0n) is 14.0. The average molecular weight is 338 g/mol. The number of methoxy groups -OCH3 is 1. The summed E-state index contributed by atoms with van der Waals surface area (Å²) in [5.74, 6) is 2.05. The molecular formula is C19H18N2O4. The molecule has 1 aliphatic rings. The topological polar surface area (TPSA) is 61.7 Å². The SMILES string of the molecule is COc1cccc2c1cc(C(=O)NCc1ccc3c(c1)OCO3)n2C. The molecule has 2 aromatic carbocycles. The van der Waals surface area contributed by atoms with Gasteiger partial charge in [0.15, 0.2) is 11.5 Å². The van der Waals surface area contributed by atoms with Gasteiger partial charge in [-0.2, -0.15) is 0 Å². The van der Waals surface area contributed by atoms with Gasteiger partial charge in [-0.25, -0.2) is 0 Å². The molecule has 0 spiro atoms. The quantitative estimate of drug-likeness (QED) is 0.795. The van der Waals surface area contributed by atoms with Crippen molar-refractivity contribution in [2.75, 3.05) is 13.9 Å². The van der Waals surface area contributed by atoms with Gasteiger partial charge in [0.25, 0.3) is 5.91 Å². The van der Waals surface area contributed by atoms with E-state index < -0.39 is 0 Å². The summed E-state index contributed by atoms with van der Waals surface area (Å²) in [5, 5.41) is 3.87. The first-order valence-corrected chi connectivity index (χ1v) is 7.96. The smallest absolute Gasteiger partial charge is 0.268 e. The number of hydrogen-bond donors (Lipinski definition) is 1. The van der Waals surface area contributed by atoms with Crippen molar-refractivity contribution in [3.05, 3.63) is 53.7 Å². The van der Waals surface area contributed by atoms with E-state index in [1.54, 1.807) is 7.11 Å². The molecule has 0 radical (unpaired) electrons. The fraction of sp³-hybridized carbons (Fsp3) is 0.211. The van der Waals surface area contributed by atoms with Crippen LogP contribution < -0.4 is 19.5 Å². The lowest BCUT2D eigenvalue weighted by Crippen LogP contribution is -2.24. The number of carbonyl (C=O) groups excluding carboxylic acids is 1. The molecular weight excluding hydrogens is 320 g/mol. The highest BCUT2D eigenvalue weighted by Crippen LogP contribution is 2.32. The fourth-order valence-corrected chi connectivity index (χ4v) is 3.05. The Labute approximate surface area is 144 Å². The van der Waals surface area contributed by atoms with Crippen molar-refractivity contribution in [1.29, 1.82) is 0 Å². The third kappa shape index (κ3) is 2.65. The van der Waals surface area contributed by atoms with Crippen LogP contribution in [0.4, 0.5) is 0 Å². The minimum Gasteiger partial charge on any atom is -0.496 e. The number of aromatic nitrogens is 1. The van der Waals surface area contributed by atoms with Gasteiger partial charge in [-0.15, -0.1) is 0 Å². The first kappa shape index (κ1) is 15.4. The third-order valence-electron chi connectivity index (χ3n) is 4.39. The summed E-state index contributed by atoms with van der Waals surface area (Å²) >= 11 is 0. The Bertz CT molecular complexity index is 961. The summed E-state index contributed by atoms with van der Waals surface area (Å²) in [6.45, 7) is 0.650. The minimum absolute atomic E-state index is 0.140. The molecule has 0 atom stereocenters. The first-order chi connectivity index (χ1) is 12.2. The highest BCUT2D eigenvalue weighted by atomic mass is 16.7. The summed E-state index contributed by atoms with van der Waals surface area (Å²) in [7, 11) is 3.50. The molecule has 25 heavy (non-hydrogen) atoms. The molecule has 2 heterocycles. The molecule has 0 bridgehead atoms. The van der Waals surface area contributed by atoms with Crippen molar-refractivity contribution in [2.45, 2.75) is 6.54 Å². The Kier molecular flexibility index (Phi) is 3.72. The minimum atomic E-state index is -0.140. The molecule has 4 rings (SSSR count). The molecule has 128 valence electrons. The molecule has 0 aliphatic carbocycles. The predicted molar refractivity (Wildman–Crippen MR) is 93.2 cm³/mol. The lowest BCUT2D eigenvalue weighted by Gasteiger charge is -2.07. The van der Waals surface area contributed by atoms with Crippen molar-refractivity contribution in [1.82, 2.24) is 9.88 Å². The number of carbonyl (C=O) groups is 1. The van der Waals surface area contributed by atoms with Gasteiger partial charge >= 0.3 is 0 Å². The largest absolute Gasteiger partial charge is 0.496 e. The van der Waals surface area contributed by atoms with Crippen molar-refractivity contribution in [3.8, 4) is 17.2 Å². The highest BCUT2D eigenvalue weighted by Gasteiger charge is 2.17. The zero-order valence-corrected chi connectivity index (χ0v) is 14.0. The van der Waals surface area contributed by atoms with Gasteiger partial charge in [0, 0.05) is 19.0 Å². The van der Waals surface area contributed by atoms with Gasteiger partial charge in [0.2, 0.25) is 6.79 Å². The summed E-state index contributed by atoms with van der Waals surface area (Å²) < 4.78 is 17.9. The van der Waals surface area contributed by atoms with Crippen molar-refractivity contribution in [2.24, 2.45) is 7.05 Å². The summed E-state index contributed by atoms with van der Waals surface area (Å²) in [5.41, 5.74) is 2.49. The van der Waals surface area contributed by atoms with E-state index >= 15 is 0 Å². The van der Waals surface area contributed by atoms with E-state index in [4.69, 9.17) is 14.2 Å². The predicted octanol–water partition coefficient (Wildman–Crippen LogP) is 2.85. The van der Waals surface area contributed by atoms with Crippen LogP contribution in [0.15, 0.2) is 42.5 Å². The number of nitrogens with one attached hydrogen (secondary N) is 1. The van der Waals surface area contributed by atoms with Gasteiger partial charge in [-0.1, -0.05) is 12.1 Å². The van der Waals surface area contributed by atoms with Crippen LogP contribution >= 0.6 is 0 Å². The Morgan fingerprint density at radius 2 is 2.04 bits per heavy atom. The van der Waals surface area contributed by atoms with Crippen LogP contribution in [0.25, 0.3) is 10.9 Å². The van der Waals surface area contributed by atoms with Gasteiger partial charge in [-0.05, 0) is 35.9 Å². The van der Waals surface area contributed by atoms with Gasteiger partial charge in [0.05, 0.1) is 12.6 Å². The molecule has 1 aliphatic heterocycles. The van der Waals surface area contributed by atoms with E-state index in [1.807, 2.05) is 54.1 Å². The number of aryl methyl sites for hydroxylation is 1. The number of fused-ring (bicyclic) bond motifs is 2. The maximum absolute atomic E-state index is 12.6. The second-order valence-electron chi connectivity index (χ2n) is 5.85. The summed E-state index contributed by atoms with van der Waals surface area (Å²) in [6.07, 6.45) is 0. The normalized spacial score (nSPS) is 12.4. The molecule has 0 unspecified atom stereocenters. The van der Waals surface area contributed by atoms with Crippen LogP contribution in [0.5, 0.6) is 17.2 Å². The van der Waals surface area contributed by atoms with Crippen molar-refractivity contribution < 1.29 is 19.0 Å². The molecule has 6 nitrogen and oxygen atoms in total. The Balaban J connectivity index is 1.55. The van der Waals surface area contributed by atoms with Crippen LogP contribution in [0, 0.1) is 0 Å². The lowest BCUT2D eigenvalue weighted by molar-refractivity contribution is 0.0943. The summed E-state index contributed by atoms with van der Waals surface area (Å²) in [6, 6.07) is 13.3. The third-order valence-corrected chi connectivity index (χ3v) is 4.39. The molecule has 0 saturated carbocycles. The van der Waals surface area contributed by atoms with E-state index in [0.717, 1.165) is 28.0 Å². The number of hydrogen-bond acceptors (Lipinski definition) is 4. The second kappa shape index (κ2) is 6.05. The monoisotopic (exact) mass is 338 g/mol. The van der Waals surface area contributed by atoms with E-state index in [0.29, 0.717) is 18.0 Å². The molecule has 1 aromatic heterocycles. The number of amides is 1. The maximum Gasteiger partial charge on any atom is 0.268 e. The molecule has 3 aromatic rings. The van der Waals surface area contributed by atoms with E-state index in [-0.39, 0.29) is 12.7 Å². The van der Waals surface area contributed by atoms with Crippen LogP contribution in [0.3, 0.4) is 0 Å². The van der Waals surface area contributed by atoms with Gasteiger partial charge in [0.1, 0.15) is 11.4 Å². The van der Waals surface area contributed by atoms with Crippen LogP contribution in [-0.4, -0.2) is 24.4 Å². The van der Waals surface area contributed by atoms with Gasteiger partial charge < -0.3 is 24.1 Å². The second-order valence-corrected chi connectivity index (χ2v) is 5.85. The van der Waals surface area contributed by atoms with Crippen LogP contribution in [-0.2, 0) is 13.6 Å². The van der Waals surface area contributed by atoms with Crippen molar-refractivity contribution >= 4 is 16.8 Å². The standard InChI is InChI=1S/C19H18N2O4/c1-21-14-4-3-5-16(23-2)13(14)9-15(21)19(22)20-10-12-6-7-17-18(8-12)25-11-24-17/h3-9H,10-11H2,1-2H3,(H,20,22). The van der Waals surface area contributed by atoms with Crippen LogP contribution in [0.2, 0.25) is 0 Å². The summed E-state index contributed by atoms with van der Waals surface area (Å²) in [4.78, 5) is 12.6. The molecule has 1 amide bonds. The number of nitrogens with zero attached hydrogens (tertiary/aromatic N) is 1. The molecule has 1 N–H and O–H groups in total. The fourth-order valence-electron chi connectivity index (χ4n) is 3.05. The average Bonchev–Trinajstić information content (AvgIpc) is 3.23. The Morgan fingerprint density at radius 1 is 1.20 bits per heavy atom. The lowest BCUT2D eigenvalue weighted by atomic mass is 10.2. The number of ether oxygens (including phenoxy) is 3. The first-order valence-electron chi connectivity index (χ1n) is 7.96. The molecule has 0 fully saturated rings. The number of rotatable bonds is 4. The van der Waals surface area contributed by atoms with Crippen LogP contribution in [0.1, 0.15) is 16.1 Å². The maximum atomic E-state index is 12.6. The van der Waals surface area contributed by atoms with E-state index in [9.17, 15) is 4.79 Å². The molecule has 0 saturated heterocycles. The zero-order chi connectivity index (χ0) is 17.4. The van der Waals surface area contributed by atoms with Crippen molar-refractivity contribution in [3.63, 3.8) is 0 Å². The highest BCUT2D eigenvalue weighted by molar-refractivity contribution is 6.00. The van der Waals surface area contributed by atoms with E-state index in [1.165, 1.54) is 0 Å². The molecule has 6 heteroatoms. The van der Waals surface area contributed by atoms with Gasteiger partial charge in [-0.3, -0.25) is 4.79 Å².